The minimum absolute atomic E-state index is 0.205. The second kappa shape index (κ2) is 7.20. The maximum Gasteiger partial charge on any atom is 0.149 e. The fraction of sp³-hybridized carbons (Fsp3) is 0.333. The Bertz CT molecular complexity index is 875. The largest absolute Gasteiger partial charge is 0.382 e. The highest BCUT2D eigenvalue weighted by atomic mass is 15.3. The summed E-state index contributed by atoms with van der Waals surface area (Å²) < 4.78 is 1.95. The van der Waals surface area contributed by atoms with Crippen LogP contribution in [0.3, 0.4) is 0 Å². The minimum atomic E-state index is 0.205. The molecule has 3 rings (SSSR count). The highest BCUT2D eigenvalue weighted by Gasteiger charge is 2.15. The number of pyridine rings is 1. The molecule has 2 heterocycles. The van der Waals surface area contributed by atoms with Gasteiger partial charge in [0.05, 0.1) is 29.0 Å². The Kier molecular flexibility index (Phi) is 4.98. The summed E-state index contributed by atoms with van der Waals surface area (Å²) in [7, 11) is 1.90. The van der Waals surface area contributed by atoms with Crippen molar-refractivity contribution in [3.63, 3.8) is 0 Å². The van der Waals surface area contributed by atoms with Gasteiger partial charge in [-0.1, -0.05) is 39.0 Å². The Morgan fingerprint density at radius 2 is 1.77 bits per heavy atom. The van der Waals surface area contributed by atoms with E-state index in [-0.39, 0.29) is 5.41 Å². The van der Waals surface area contributed by atoms with Crippen LogP contribution < -0.4 is 10.6 Å². The average Bonchev–Trinajstić information content (AvgIpc) is 3.01. The predicted molar refractivity (Wildman–Crippen MR) is 109 cm³/mol. The highest BCUT2D eigenvalue weighted by molar-refractivity contribution is 5.71. The molecule has 5 heteroatoms. The number of nitrogens with zero attached hydrogens (tertiary/aromatic N) is 3. The number of hydrogen-bond donors (Lipinski definition) is 2. The van der Waals surface area contributed by atoms with E-state index in [1.54, 1.807) is 0 Å². The summed E-state index contributed by atoms with van der Waals surface area (Å²) in [4.78, 5) is 4.80. The lowest BCUT2D eigenvalue weighted by atomic mass is 9.97. The third kappa shape index (κ3) is 3.87. The van der Waals surface area contributed by atoms with Crippen LogP contribution >= 0.6 is 0 Å². The van der Waals surface area contributed by atoms with Crippen LogP contribution in [0, 0.1) is 12.3 Å². The van der Waals surface area contributed by atoms with Crippen LogP contribution in [0.25, 0.3) is 16.9 Å². The fourth-order valence-corrected chi connectivity index (χ4v) is 2.79. The Hall–Kier alpha value is -2.82. The molecule has 5 nitrogen and oxygen atoms in total. The van der Waals surface area contributed by atoms with E-state index in [1.807, 2.05) is 42.2 Å². The van der Waals surface area contributed by atoms with Crippen LogP contribution in [0.15, 0.2) is 48.7 Å². The zero-order valence-electron chi connectivity index (χ0n) is 16.2. The second-order valence-corrected chi connectivity index (χ2v) is 7.65. The molecule has 0 unspecified atom stereocenters. The molecule has 0 saturated carbocycles. The van der Waals surface area contributed by atoms with Crippen molar-refractivity contribution in [2.45, 2.75) is 27.7 Å². The smallest absolute Gasteiger partial charge is 0.149 e. The van der Waals surface area contributed by atoms with Crippen molar-refractivity contribution in [2.75, 3.05) is 24.2 Å². The molecule has 0 saturated heterocycles. The number of nitrogens with one attached hydrogen (secondary N) is 2. The van der Waals surface area contributed by atoms with Crippen molar-refractivity contribution in [2.24, 2.45) is 5.41 Å². The normalized spacial score (nSPS) is 11.4. The molecule has 0 aliphatic heterocycles. The van der Waals surface area contributed by atoms with Gasteiger partial charge in [-0.3, -0.25) is 0 Å². The number of anilines is 2. The van der Waals surface area contributed by atoms with Crippen molar-refractivity contribution in [1.29, 1.82) is 0 Å². The Labute approximate surface area is 155 Å². The van der Waals surface area contributed by atoms with Gasteiger partial charge < -0.3 is 10.6 Å². The van der Waals surface area contributed by atoms with Crippen molar-refractivity contribution in [1.82, 2.24) is 14.8 Å². The molecule has 0 aliphatic rings. The summed E-state index contributed by atoms with van der Waals surface area (Å²) in [5.74, 6) is 0.846. The first-order chi connectivity index (χ1) is 12.4. The fourth-order valence-electron chi connectivity index (χ4n) is 2.79. The first kappa shape index (κ1) is 18.0. The molecule has 0 atom stereocenters. The summed E-state index contributed by atoms with van der Waals surface area (Å²) in [6.45, 7) is 9.59. The molecular weight excluding hydrogens is 322 g/mol. The lowest BCUT2D eigenvalue weighted by Gasteiger charge is -2.21. The summed E-state index contributed by atoms with van der Waals surface area (Å²) in [5, 5.41) is 11.2. The van der Waals surface area contributed by atoms with Crippen LogP contribution in [0.2, 0.25) is 0 Å². The highest BCUT2D eigenvalue weighted by Crippen LogP contribution is 2.28. The monoisotopic (exact) mass is 349 g/mol. The standard InChI is InChI=1S/C21H27N5/c1-15-17(13-24-26(15)16-9-7-6-8-10-16)18-11-12-19(20(22-5)25-18)23-14-21(2,3)4/h6-13,23H,14H2,1-5H3,(H,22,25). The Balaban J connectivity index is 1.92. The maximum absolute atomic E-state index is 4.80. The van der Waals surface area contributed by atoms with Gasteiger partial charge in [0, 0.05) is 19.2 Å². The lowest BCUT2D eigenvalue weighted by molar-refractivity contribution is 0.443. The summed E-state index contributed by atoms with van der Waals surface area (Å²) in [6.07, 6.45) is 1.88. The second-order valence-electron chi connectivity index (χ2n) is 7.65. The van der Waals surface area contributed by atoms with Gasteiger partial charge in [0.2, 0.25) is 0 Å². The maximum atomic E-state index is 4.80. The van der Waals surface area contributed by atoms with Gasteiger partial charge in [-0.15, -0.1) is 0 Å². The van der Waals surface area contributed by atoms with E-state index >= 15 is 0 Å². The summed E-state index contributed by atoms with van der Waals surface area (Å²) in [5.41, 5.74) is 5.29. The predicted octanol–water partition coefficient (Wildman–Crippen LogP) is 4.74. The van der Waals surface area contributed by atoms with Gasteiger partial charge in [-0.25, -0.2) is 9.67 Å². The average molecular weight is 349 g/mol. The van der Waals surface area contributed by atoms with E-state index in [0.29, 0.717) is 0 Å². The van der Waals surface area contributed by atoms with E-state index in [1.165, 1.54) is 0 Å². The van der Waals surface area contributed by atoms with Gasteiger partial charge in [-0.05, 0) is 36.6 Å². The minimum Gasteiger partial charge on any atom is -0.382 e. The van der Waals surface area contributed by atoms with Gasteiger partial charge in [0.1, 0.15) is 5.82 Å². The molecule has 0 radical (unpaired) electrons. The molecule has 26 heavy (non-hydrogen) atoms. The van der Waals surface area contributed by atoms with E-state index < -0.39 is 0 Å². The zero-order valence-corrected chi connectivity index (χ0v) is 16.2. The van der Waals surface area contributed by atoms with Gasteiger partial charge >= 0.3 is 0 Å². The molecular formula is C21H27N5. The van der Waals surface area contributed by atoms with E-state index in [0.717, 1.165) is 40.7 Å². The third-order valence-corrected chi connectivity index (χ3v) is 4.23. The summed E-state index contributed by atoms with van der Waals surface area (Å²) >= 11 is 0. The molecule has 0 bridgehead atoms. The van der Waals surface area contributed by atoms with Crippen LogP contribution in [-0.4, -0.2) is 28.4 Å². The van der Waals surface area contributed by atoms with Gasteiger partial charge in [0.25, 0.3) is 0 Å². The first-order valence-electron chi connectivity index (χ1n) is 8.92. The molecule has 1 aromatic carbocycles. The molecule has 0 spiro atoms. The Morgan fingerprint density at radius 3 is 2.42 bits per heavy atom. The molecule has 0 aliphatic carbocycles. The molecule has 0 amide bonds. The quantitative estimate of drug-likeness (QED) is 0.698. The molecule has 136 valence electrons. The van der Waals surface area contributed by atoms with Gasteiger partial charge in [-0.2, -0.15) is 5.10 Å². The van der Waals surface area contributed by atoms with Crippen molar-refractivity contribution < 1.29 is 0 Å². The van der Waals surface area contributed by atoms with Crippen LogP contribution in [-0.2, 0) is 0 Å². The number of hydrogen-bond acceptors (Lipinski definition) is 4. The number of benzene rings is 1. The van der Waals surface area contributed by atoms with Gasteiger partial charge in [0.15, 0.2) is 0 Å². The van der Waals surface area contributed by atoms with E-state index in [2.05, 4.69) is 61.6 Å². The molecule has 2 N–H and O–H groups in total. The first-order valence-corrected chi connectivity index (χ1v) is 8.92. The summed E-state index contributed by atoms with van der Waals surface area (Å²) in [6, 6.07) is 14.3. The molecule has 0 fully saturated rings. The number of rotatable bonds is 5. The van der Waals surface area contributed by atoms with Crippen LogP contribution in [0.1, 0.15) is 26.5 Å². The van der Waals surface area contributed by atoms with Crippen molar-refractivity contribution in [3.05, 3.63) is 54.4 Å². The lowest BCUT2D eigenvalue weighted by Crippen LogP contribution is -2.19. The number of para-hydroxylation sites is 1. The molecule has 3 aromatic rings. The number of aromatic nitrogens is 3. The SMILES string of the molecule is CNc1nc(-c2cnn(-c3ccccc3)c2C)ccc1NCC(C)(C)C. The molecule has 2 aromatic heterocycles. The topological polar surface area (TPSA) is 54.8 Å². The Morgan fingerprint density at radius 1 is 1.04 bits per heavy atom. The third-order valence-electron chi connectivity index (χ3n) is 4.23. The van der Waals surface area contributed by atoms with E-state index in [9.17, 15) is 0 Å². The van der Waals surface area contributed by atoms with E-state index in [4.69, 9.17) is 4.98 Å². The van der Waals surface area contributed by atoms with Crippen molar-refractivity contribution in [3.8, 4) is 16.9 Å². The van der Waals surface area contributed by atoms with Crippen molar-refractivity contribution >= 4 is 11.5 Å². The van der Waals surface area contributed by atoms with Crippen LogP contribution in [0.4, 0.5) is 11.5 Å². The zero-order chi connectivity index (χ0) is 18.7. The van der Waals surface area contributed by atoms with Crippen LogP contribution in [0.5, 0.6) is 0 Å².